The van der Waals surface area contributed by atoms with Gasteiger partial charge in [-0.1, -0.05) is 21.8 Å². The summed E-state index contributed by atoms with van der Waals surface area (Å²) in [5, 5.41) is 11.9. The van der Waals surface area contributed by atoms with E-state index >= 15 is 0 Å². The maximum absolute atomic E-state index is 9.56. The van der Waals surface area contributed by atoms with Crippen molar-refractivity contribution in [3.63, 3.8) is 0 Å². The van der Waals surface area contributed by atoms with Crippen molar-refractivity contribution in [2.24, 2.45) is 15.3 Å². The molecule has 1 spiro atoms. The SMILES string of the molecule is CO[C@@]1(C)O[C@@H]2[C@H](O[Si](C)(C)C)[C@@H](O[C@H]3[C@@H]4OC5(CCCCC5)O[C@H]4[C@H](N=[N+]=[N-])C[C@@H]3N=[N+]=[N-])O[C@H](CN=[N+]=[N-])[C@H]2O[C@]1(C)OC. The maximum Gasteiger partial charge on any atom is 0.220 e. The number of hydrogen-bond donors (Lipinski definition) is 0. The van der Waals surface area contributed by atoms with E-state index in [-0.39, 0.29) is 13.0 Å². The first kappa shape index (κ1) is 35.1. The first-order chi connectivity index (χ1) is 21.8. The van der Waals surface area contributed by atoms with Crippen LogP contribution in [0.2, 0.25) is 19.6 Å². The van der Waals surface area contributed by atoms with Crippen LogP contribution in [0, 0.1) is 0 Å². The number of rotatable bonds is 10. The summed E-state index contributed by atoms with van der Waals surface area (Å²) in [5.74, 6) is -3.59. The molecule has 19 heteroatoms. The topological polar surface area (TPSA) is 229 Å². The van der Waals surface area contributed by atoms with E-state index in [0.29, 0.717) is 12.8 Å². The molecule has 12 atom stereocenters. The van der Waals surface area contributed by atoms with Crippen molar-refractivity contribution >= 4 is 8.32 Å². The molecule has 0 unspecified atom stereocenters. The minimum absolute atomic E-state index is 0.109. The van der Waals surface area contributed by atoms with Crippen molar-refractivity contribution in [3.05, 3.63) is 31.3 Å². The zero-order chi connectivity index (χ0) is 33.3. The van der Waals surface area contributed by atoms with Gasteiger partial charge in [0, 0.05) is 41.8 Å². The van der Waals surface area contributed by atoms with Gasteiger partial charge in [0.1, 0.15) is 24.4 Å². The lowest BCUT2D eigenvalue weighted by atomic mass is 9.84. The van der Waals surface area contributed by atoms with Gasteiger partial charge in [-0.15, -0.1) is 0 Å². The zero-order valence-electron chi connectivity index (χ0n) is 27.4. The van der Waals surface area contributed by atoms with E-state index < -0.39 is 86.8 Å². The van der Waals surface area contributed by atoms with E-state index in [4.69, 9.17) is 42.3 Å². The first-order valence-corrected chi connectivity index (χ1v) is 19.2. The summed E-state index contributed by atoms with van der Waals surface area (Å²) < 4.78 is 58.0. The van der Waals surface area contributed by atoms with Gasteiger partial charge in [0.05, 0.1) is 36.9 Å². The number of ether oxygens (including phenoxy) is 8. The van der Waals surface area contributed by atoms with Gasteiger partial charge in [-0.3, -0.25) is 0 Å². The lowest BCUT2D eigenvalue weighted by Crippen LogP contribution is -2.74. The standard InChI is InChI=1S/C27H45N9O9Si/c1-25(37-3)26(2,38-4)42-22-20(41-25)17(14-31-34-28)39-24(23(22)45-46(5,6)7)40-18-15(32-35-29)13-16(33-36-30)19-21(18)44-27(43-19)11-9-8-10-12-27/h15-24H,8-14H2,1-7H3/t15-,16+,17+,18+,19-,20+,21-,22-,23-,24+,25-,26-/m0/s1. The normalized spacial score (nSPS) is 43.4. The monoisotopic (exact) mass is 667 g/mol. The van der Waals surface area contributed by atoms with E-state index in [2.05, 4.69) is 30.1 Å². The molecule has 0 N–H and O–H groups in total. The van der Waals surface area contributed by atoms with E-state index in [9.17, 15) is 16.6 Å². The average molecular weight is 668 g/mol. The molecule has 5 fully saturated rings. The van der Waals surface area contributed by atoms with Crippen LogP contribution in [-0.4, -0.2) is 108 Å². The van der Waals surface area contributed by atoms with Crippen LogP contribution < -0.4 is 0 Å². The van der Waals surface area contributed by atoms with Crippen molar-refractivity contribution in [2.45, 2.75) is 150 Å². The fourth-order valence-electron chi connectivity index (χ4n) is 7.21. The molecule has 5 aliphatic rings. The largest absolute Gasteiger partial charge is 0.407 e. The van der Waals surface area contributed by atoms with Crippen molar-refractivity contribution in [1.82, 2.24) is 0 Å². The fraction of sp³-hybridized carbons (Fsp3) is 1.00. The van der Waals surface area contributed by atoms with Crippen LogP contribution >= 0.6 is 0 Å². The Morgan fingerprint density at radius 2 is 1.35 bits per heavy atom. The summed E-state index contributed by atoms with van der Waals surface area (Å²) in [6.07, 6.45) is -2.25. The van der Waals surface area contributed by atoms with Gasteiger partial charge in [-0.05, 0) is 69.3 Å². The Morgan fingerprint density at radius 1 is 0.761 bits per heavy atom. The highest BCUT2D eigenvalue weighted by Gasteiger charge is 2.64. The predicted octanol–water partition coefficient (Wildman–Crippen LogP) is 5.34. The van der Waals surface area contributed by atoms with E-state index in [0.717, 1.165) is 19.3 Å². The molecule has 0 amide bonds. The minimum Gasteiger partial charge on any atom is -0.407 e. The number of fused-ring (bicyclic) bond motifs is 2. The van der Waals surface area contributed by atoms with Crippen molar-refractivity contribution in [1.29, 1.82) is 0 Å². The van der Waals surface area contributed by atoms with Crippen molar-refractivity contribution < 1.29 is 42.3 Å². The quantitative estimate of drug-likeness (QED) is 0.126. The number of hydrogen-bond acceptors (Lipinski definition) is 12. The predicted molar refractivity (Wildman–Crippen MR) is 162 cm³/mol. The summed E-state index contributed by atoms with van der Waals surface area (Å²) in [7, 11) is 0.643. The van der Waals surface area contributed by atoms with Crippen LogP contribution in [0.3, 0.4) is 0 Å². The third-order valence-corrected chi connectivity index (χ3v) is 10.6. The molecule has 256 valence electrons. The Bertz CT molecular complexity index is 1250. The van der Waals surface area contributed by atoms with Crippen LogP contribution in [0.4, 0.5) is 0 Å². The lowest BCUT2D eigenvalue weighted by Gasteiger charge is -2.58. The molecule has 2 aliphatic carbocycles. The zero-order valence-corrected chi connectivity index (χ0v) is 28.4. The third-order valence-electron chi connectivity index (χ3n) is 9.63. The Labute approximate surface area is 268 Å². The highest BCUT2D eigenvalue weighted by atomic mass is 28.4. The fourth-order valence-corrected chi connectivity index (χ4v) is 8.28. The van der Waals surface area contributed by atoms with E-state index in [1.807, 2.05) is 19.6 Å². The Balaban J connectivity index is 1.54. The molecule has 5 rings (SSSR count). The van der Waals surface area contributed by atoms with Crippen LogP contribution in [0.1, 0.15) is 52.4 Å². The van der Waals surface area contributed by atoms with Gasteiger partial charge < -0.3 is 42.3 Å². The number of methoxy groups -OCH3 is 2. The van der Waals surface area contributed by atoms with Gasteiger partial charge >= 0.3 is 0 Å². The lowest BCUT2D eigenvalue weighted by molar-refractivity contribution is -0.478. The second-order valence-electron chi connectivity index (χ2n) is 13.6. The molecule has 0 aromatic heterocycles. The van der Waals surface area contributed by atoms with Crippen molar-refractivity contribution in [3.8, 4) is 0 Å². The highest BCUT2D eigenvalue weighted by molar-refractivity contribution is 6.69. The molecule has 3 heterocycles. The minimum atomic E-state index is -2.33. The van der Waals surface area contributed by atoms with Gasteiger partial charge in [0.15, 0.2) is 20.4 Å². The second kappa shape index (κ2) is 13.7. The third kappa shape index (κ3) is 6.71. The van der Waals surface area contributed by atoms with Crippen LogP contribution in [-0.2, 0) is 42.3 Å². The van der Waals surface area contributed by atoms with Gasteiger partial charge in [-0.2, -0.15) is 0 Å². The number of nitrogens with zero attached hydrogens (tertiary/aromatic N) is 9. The highest BCUT2D eigenvalue weighted by Crippen LogP contribution is 2.49. The van der Waals surface area contributed by atoms with Gasteiger partial charge in [0.25, 0.3) is 0 Å². The summed E-state index contributed by atoms with van der Waals surface area (Å²) in [6.45, 7) is 9.36. The Kier molecular flexibility index (Phi) is 10.5. The molecule has 0 radical (unpaired) electrons. The summed E-state index contributed by atoms with van der Waals surface area (Å²) in [6, 6.07) is -1.43. The molecule has 3 aliphatic heterocycles. The average Bonchev–Trinajstić information content (AvgIpc) is 3.38. The van der Waals surface area contributed by atoms with Crippen LogP contribution in [0.5, 0.6) is 0 Å². The molecule has 46 heavy (non-hydrogen) atoms. The van der Waals surface area contributed by atoms with E-state index in [1.165, 1.54) is 14.2 Å². The second-order valence-corrected chi connectivity index (χ2v) is 18.1. The smallest absolute Gasteiger partial charge is 0.220 e. The maximum atomic E-state index is 9.56. The molecular weight excluding hydrogens is 622 g/mol. The molecule has 0 aromatic carbocycles. The van der Waals surface area contributed by atoms with E-state index in [1.54, 1.807) is 13.8 Å². The van der Waals surface area contributed by atoms with Gasteiger partial charge in [0.2, 0.25) is 11.6 Å². The Morgan fingerprint density at radius 3 is 1.93 bits per heavy atom. The van der Waals surface area contributed by atoms with Crippen LogP contribution in [0.25, 0.3) is 31.3 Å². The first-order valence-electron chi connectivity index (χ1n) is 15.7. The van der Waals surface area contributed by atoms with Gasteiger partial charge in [-0.25, -0.2) is 0 Å². The molecule has 0 aromatic rings. The Hall–Kier alpha value is -2.21. The molecule has 0 bridgehead atoms. The molecule has 2 saturated carbocycles. The number of azide groups is 3. The molecule has 18 nitrogen and oxygen atoms in total. The van der Waals surface area contributed by atoms with Crippen LogP contribution in [0.15, 0.2) is 15.3 Å². The summed E-state index contributed by atoms with van der Waals surface area (Å²) in [5.41, 5.74) is 28.1. The molecule has 3 saturated heterocycles. The van der Waals surface area contributed by atoms with Crippen molar-refractivity contribution in [2.75, 3.05) is 20.8 Å². The summed E-state index contributed by atoms with van der Waals surface area (Å²) >= 11 is 0. The molecular formula is C27H45N9O9Si. The summed E-state index contributed by atoms with van der Waals surface area (Å²) in [4.78, 5) is 9.07.